The van der Waals surface area contributed by atoms with Gasteiger partial charge in [0.05, 0.1) is 25.2 Å². The number of likely N-dealkylation sites (tertiary alicyclic amines) is 1. The highest BCUT2D eigenvalue weighted by Gasteiger charge is 2.48. The van der Waals surface area contributed by atoms with Crippen LogP contribution < -0.4 is 0 Å². The van der Waals surface area contributed by atoms with Crippen molar-refractivity contribution in [1.29, 1.82) is 0 Å². The molecule has 2 aliphatic heterocycles. The van der Waals surface area contributed by atoms with E-state index in [-0.39, 0.29) is 18.6 Å². The lowest BCUT2D eigenvalue weighted by Gasteiger charge is -2.25. The van der Waals surface area contributed by atoms with Crippen molar-refractivity contribution < 1.29 is 24.2 Å². The van der Waals surface area contributed by atoms with E-state index in [4.69, 9.17) is 14.6 Å². The Hall–Kier alpha value is -1.30. The number of carbonyl (C=O) groups excluding carboxylic acids is 1. The number of carbonyl (C=O) groups is 2. The molecular weight excluding hydrogens is 238 g/mol. The molecule has 0 aromatic carbocycles. The Morgan fingerprint density at radius 3 is 2.56 bits per heavy atom. The fourth-order valence-corrected chi connectivity index (χ4v) is 2.44. The summed E-state index contributed by atoms with van der Waals surface area (Å²) >= 11 is 0. The Bertz CT molecular complexity index is 362. The van der Waals surface area contributed by atoms with Gasteiger partial charge in [0.2, 0.25) is 0 Å². The maximum Gasteiger partial charge on any atom is 0.410 e. The zero-order valence-corrected chi connectivity index (χ0v) is 10.9. The van der Waals surface area contributed by atoms with Crippen molar-refractivity contribution in [1.82, 2.24) is 4.90 Å². The molecule has 18 heavy (non-hydrogen) atoms. The molecule has 2 rings (SSSR count). The van der Waals surface area contributed by atoms with E-state index < -0.39 is 23.6 Å². The van der Waals surface area contributed by atoms with Crippen molar-refractivity contribution in [2.45, 2.75) is 32.5 Å². The molecule has 3 atom stereocenters. The van der Waals surface area contributed by atoms with Gasteiger partial charge in [-0.3, -0.25) is 4.79 Å². The largest absolute Gasteiger partial charge is 0.481 e. The average Bonchev–Trinajstić information content (AvgIpc) is 2.70. The number of hydrogen-bond donors (Lipinski definition) is 1. The molecule has 2 fully saturated rings. The van der Waals surface area contributed by atoms with Gasteiger partial charge < -0.3 is 19.5 Å². The van der Waals surface area contributed by atoms with Crippen LogP contribution in [0.1, 0.15) is 20.8 Å². The van der Waals surface area contributed by atoms with E-state index in [1.807, 2.05) is 0 Å². The molecule has 0 unspecified atom stereocenters. The molecule has 0 bridgehead atoms. The van der Waals surface area contributed by atoms with Gasteiger partial charge in [0.1, 0.15) is 5.60 Å². The molecule has 0 radical (unpaired) electrons. The molecular formula is C12H19NO5. The monoisotopic (exact) mass is 257 g/mol. The quantitative estimate of drug-likeness (QED) is 0.757. The number of carboxylic acid groups (broad SMARTS) is 1. The average molecular weight is 257 g/mol. The fraction of sp³-hybridized carbons (Fsp3) is 0.833. The van der Waals surface area contributed by atoms with Crippen LogP contribution in [-0.2, 0) is 14.3 Å². The van der Waals surface area contributed by atoms with E-state index in [2.05, 4.69) is 0 Å². The van der Waals surface area contributed by atoms with Crippen LogP contribution in [0.4, 0.5) is 4.79 Å². The molecule has 1 amide bonds. The minimum absolute atomic E-state index is 0.116. The van der Waals surface area contributed by atoms with Crippen LogP contribution in [0.25, 0.3) is 0 Å². The van der Waals surface area contributed by atoms with E-state index in [9.17, 15) is 9.59 Å². The second kappa shape index (κ2) is 4.42. The Kier molecular flexibility index (Phi) is 3.23. The first kappa shape index (κ1) is 13.1. The molecule has 102 valence electrons. The third-order valence-electron chi connectivity index (χ3n) is 3.28. The summed E-state index contributed by atoms with van der Waals surface area (Å²) < 4.78 is 10.7. The molecule has 6 nitrogen and oxygen atoms in total. The smallest absolute Gasteiger partial charge is 0.410 e. The summed E-state index contributed by atoms with van der Waals surface area (Å²) in [4.78, 5) is 24.4. The first-order valence-electron chi connectivity index (χ1n) is 6.10. The van der Waals surface area contributed by atoms with E-state index in [1.165, 1.54) is 4.90 Å². The third kappa shape index (κ3) is 2.58. The summed E-state index contributed by atoms with van der Waals surface area (Å²) in [5, 5.41) is 9.06. The number of amides is 1. The van der Waals surface area contributed by atoms with Crippen LogP contribution in [0, 0.1) is 11.8 Å². The first-order chi connectivity index (χ1) is 8.28. The van der Waals surface area contributed by atoms with Gasteiger partial charge in [-0.15, -0.1) is 0 Å². The minimum Gasteiger partial charge on any atom is -0.481 e. The minimum atomic E-state index is -0.853. The standard InChI is InChI=1S/C12H19NO5/c1-12(2,3)18-11(16)13-4-7-8(10(14)15)6-17-9(7)5-13/h7-9H,4-6H2,1-3H3,(H,14,15)/t7-,8+,9+/m0/s1. The Morgan fingerprint density at radius 2 is 2.00 bits per heavy atom. The predicted octanol–water partition coefficient (Wildman–Crippen LogP) is 0.953. The number of fused-ring (bicyclic) bond motifs is 1. The molecule has 0 aromatic rings. The van der Waals surface area contributed by atoms with Crippen molar-refractivity contribution >= 4 is 12.1 Å². The van der Waals surface area contributed by atoms with Gasteiger partial charge in [-0.1, -0.05) is 0 Å². The van der Waals surface area contributed by atoms with Gasteiger partial charge in [-0.25, -0.2) is 4.79 Å². The van der Waals surface area contributed by atoms with E-state index in [0.29, 0.717) is 13.1 Å². The highest BCUT2D eigenvalue weighted by molar-refractivity contribution is 5.72. The number of aliphatic carboxylic acids is 1. The Balaban J connectivity index is 1.97. The van der Waals surface area contributed by atoms with E-state index >= 15 is 0 Å². The maximum absolute atomic E-state index is 11.9. The van der Waals surface area contributed by atoms with Crippen molar-refractivity contribution in [3.63, 3.8) is 0 Å². The van der Waals surface area contributed by atoms with Crippen molar-refractivity contribution in [3.05, 3.63) is 0 Å². The second-order valence-corrected chi connectivity index (χ2v) is 5.87. The summed E-state index contributed by atoms with van der Waals surface area (Å²) in [5.41, 5.74) is -0.540. The number of rotatable bonds is 1. The number of carboxylic acids is 1. The molecule has 0 aromatic heterocycles. The van der Waals surface area contributed by atoms with Crippen molar-refractivity contribution in [3.8, 4) is 0 Å². The molecule has 1 N–H and O–H groups in total. The molecule has 0 spiro atoms. The zero-order chi connectivity index (χ0) is 13.5. The van der Waals surface area contributed by atoms with Crippen LogP contribution in [0.15, 0.2) is 0 Å². The van der Waals surface area contributed by atoms with Crippen LogP contribution in [0.5, 0.6) is 0 Å². The van der Waals surface area contributed by atoms with Crippen LogP contribution >= 0.6 is 0 Å². The van der Waals surface area contributed by atoms with Gasteiger partial charge in [0, 0.05) is 12.5 Å². The van der Waals surface area contributed by atoms with Crippen LogP contribution in [0.2, 0.25) is 0 Å². The van der Waals surface area contributed by atoms with E-state index in [1.54, 1.807) is 20.8 Å². The lowest BCUT2D eigenvalue weighted by atomic mass is 9.93. The van der Waals surface area contributed by atoms with Gasteiger partial charge in [-0.2, -0.15) is 0 Å². The normalized spacial score (nSPS) is 31.3. The topological polar surface area (TPSA) is 76.1 Å². The second-order valence-electron chi connectivity index (χ2n) is 5.87. The first-order valence-corrected chi connectivity index (χ1v) is 6.10. The van der Waals surface area contributed by atoms with Gasteiger partial charge >= 0.3 is 12.1 Å². The van der Waals surface area contributed by atoms with Crippen molar-refractivity contribution in [2.24, 2.45) is 11.8 Å². The van der Waals surface area contributed by atoms with Crippen molar-refractivity contribution in [2.75, 3.05) is 19.7 Å². The number of hydrogen-bond acceptors (Lipinski definition) is 4. The number of ether oxygens (including phenoxy) is 2. The highest BCUT2D eigenvalue weighted by Crippen LogP contribution is 2.34. The van der Waals surface area contributed by atoms with Gasteiger partial charge in [0.15, 0.2) is 0 Å². The summed E-state index contributed by atoms with van der Waals surface area (Å²) in [6, 6.07) is 0. The number of nitrogens with zero attached hydrogens (tertiary/aromatic N) is 1. The Labute approximate surface area is 106 Å². The lowest BCUT2D eigenvalue weighted by Crippen LogP contribution is -2.37. The lowest BCUT2D eigenvalue weighted by molar-refractivity contribution is -0.142. The summed E-state index contributed by atoms with van der Waals surface area (Å²) in [6.07, 6.45) is -0.566. The molecule has 6 heteroatoms. The Morgan fingerprint density at radius 1 is 1.33 bits per heavy atom. The van der Waals surface area contributed by atoms with Crippen LogP contribution in [0.3, 0.4) is 0 Å². The molecule has 2 saturated heterocycles. The molecule has 2 aliphatic rings. The zero-order valence-electron chi connectivity index (χ0n) is 10.9. The summed E-state index contributed by atoms with van der Waals surface area (Å²) in [5.74, 6) is -1.48. The summed E-state index contributed by atoms with van der Waals surface area (Å²) in [7, 11) is 0. The molecule has 0 aliphatic carbocycles. The SMILES string of the molecule is CC(C)(C)OC(=O)N1C[C@@H]2[C@@H](C1)OC[C@H]2C(=O)O. The van der Waals surface area contributed by atoms with Crippen LogP contribution in [-0.4, -0.2) is 53.5 Å². The molecule has 0 saturated carbocycles. The summed E-state index contributed by atoms with van der Waals surface area (Å²) in [6.45, 7) is 6.47. The maximum atomic E-state index is 11.9. The molecule has 2 heterocycles. The predicted molar refractivity (Wildman–Crippen MR) is 62.2 cm³/mol. The third-order valence-corrected chi connectivity index (χ3v) is 3.28. The highest BCUT2D eigenvalue weighted by atomic mass is 16.6. The van der Waals surface area contributed by atoms with Gasteiger partial charge in [-0.05, 0) is 20.8 Å². The van der Waals surface area contributed by atoms with E-state index in [0.717, 1.165) is 0 Å². The van der Waals surface area contributed by atoms with Gasteiger partial charge in [0.25, 0.3) is 0 Å². The fourth-order valence-electron chi connectivity index (χ4n) is 2.44.